The van der Waals surface area contributed by atoms with Crippen molar-refractivity contribution in [3.8, 4) is 0 Å². The first-order valence-electron chi connectivity index (χ1n) is 7.58. The van der Waals surface area contributed by atoms with Gasteiger partial charge in [0.2, 0.25) is 5.91 Å². The minimum absolute atomic E-state index is 0.0674. The molecule has 0 saturated carbocycles. The molecule has 3 N–H and O–H groups in total. The van der Waals surface area contributed by atoms with Gasteiger partial charge in [0, 0.05) is 17.4 Å². The van der Waals surface area contributed by atoms with E-state index in [4.69, 9.17) is 5.73 Å². The molecule has 0 bridgehead atoms. The second-order valence-electron chi connectivity index (χ2n) is 5.58. The van der Waals surface area contributed by atoms with E-state index in [2.05, 4.69) is 17.1 Å². The highest BCUT2D eigenvalue weighted by Gasteiger charge is 2.23. The van der Waals surface area contributed by atoms with Crippen LogP contribution in [0.15, 0.2) is 24.3 Å². The molecule has 0 aromatic heterocycles. The topological polar surface area (TPSA) is 58.4 Å². The molecule has 20 heavy (non-hydrogen) atoms. The maximum absolute atomic E-state index is 12.1. The number of amides is 1. The van der Waals surface area contributed by atoms with E-state index in [0.29, 0.717) is 18.3 Å². The fourth-order valence-corrected chi connectivity index (χ4v) is 2.88. The molecule has 1 aromatic rings. The van der Waals surface area contributed by atoms with Crippen molar-refractivity contribution < 1.29 is 4.79 Å². The predicted octanol–water partition coefficient (Wildman–Crippen LogP) is 2.86. The second-order valence-corrected chi connectivity index (χ2v) is 5.58. The average molecular weight is 275 g/mol. The lowest BCUT2D eigenvalue weighted by Gasteiger charge is -2.35. The van der Waals surface area contributed by atoms with Crippen LogP contribution in [0.25, 0.3) is 0 Å². The molecule has 1 aliphatic heterocycles. The van der Waals surface area contributed by atoms with E-state index in [-0.39, 0.29) is 5.91 Å². The van der Waals surface area contributed by atoms with Crippen molar-refractivity contribution in [2.45, 2.75) is 45.1 Å². The molecule has 1 heterocycles. The fraction of sp³-hybridized carbons (Fsp3) is 0.562. The van der Waals surface area contributed by atoms with Crippen molar-refractivity contribution in [3.63, 3.8) is 0 Å². The number of nitrogens with one attached hydrogen (secondary N) is 1. The summed E-state index contributed by atoms with van der Waals surface area (Å²) < 4.78 is 0. The highest BCUT2D eigenvalue weighted by molar-refractivity contribution is 5.92. The molecule has 1 aromatic carbocycles. The Morgan fingerprint density at radius 1 is 1.35 bits per heavy atom. The fourth-order valence-electron chi connectivity index (χ4n) is 2.88. The van der Waals surface area contributed by atoms with Crippen LogP contribution in [0.1, 0.15) is 39.0 Å². The van der Waals surface area contributed by atoms with Gasteiger partial charge in [0.05, 0.1) is 6.54 Å². The molecule has 1 aliphatic rings. The van der Waals surface area contributed by atoms with E-state index in [1.165, 1.54) is 32.1 Å². The molecular weight excluding hydrogens is 250 g/mol. The Morgan fingerprint density at radius 3 is 2.80 bits per heavy atom. The van der Waals surface area contributed by atoms with Crippen LogP contribution < -0.4 is 11.1 Å². The molecule has 4 heteroatoms. The number of hydrogen-bond acceptors (Lipinski definition) is 3. The summed E-state index contributed by atoms with van der Waals surface area (Å²) in [5.41, 5.74) is 7.16. The molecule has 1 unspecified atom stereocenters. The molecule has 1 saturated heterocycles. The molecule has 1 atom stereocenters. The maximum atomic E-state index is 12.1. The van der Waals surface area contributed by atoms with Gasteiger partial charge in [0.15, 0.2) is 0 Å². The van der Waals surface area contributed by atoms with Crippen molar-refractivity contribution >= 4 is 17.3 Å². The van der Waals surface area contributed by atoms with Crippen molar-refractivity contribution in [2.24, 2.45) is 0 Å². The summed E-state index contributed by atoms with van der Waals surface area (Å²) in [5.74, 6) is 0.0674. The number of hydrogen-bond donors (Lipinski definition) is 2. The van der Waals surface area contributed by atoms with E-state index in [0.717, 1.165) is 12.2 Å². The Hall–Kier alpha value is -1.55. The Bertz CT molecular complexity index is 428. The molecule has 0 radical (unpaired) electrons. The first-order chi connectivity index (χ1) is 9.69. The molecule has 110 valence electrons. The van der Waals surface area contributed by atoms with Crippen molar-refractivity contribution in [3.05, 3.63) is 24.3 Å². The molecular formula is C16H25N3O. The Morgan fingerprint density at radius 2 is 2.10 bits per heavy atom. The van der Waals surface area contributed by atoms with Crippen molar-refractivity contribution in [1.82, 2.24) is 4.90 Å². The highest BCUT2D eigenvalue weighted by Crippen LogP contribution is 2.20. The number of benzene rings is 1. The summed E-state index contributed by atoms with van der Waals surface area (Å²) in [4.78, 5) is 14.5. The summed E-state index contributed by atoms with van der Waals surface area (Å²) in [6, 6.07) is 7.86. The molecule has 0 aliphatic carbocycles. The highest BCUT2D eigenvalue weighted by atomic mass is 16.2. The maximum Gasteiger partial charge on any atom is 0.238 e. The van der Waals surface area contributed by atoms with Gasteiger partial charge < -0.3 is 11.1 Å². The summed E-state index contributed by atoms with van der Waals surface area (Å²) in [6.45, 7) is 3.75. The summed E-state index contributed by atoms with van der Waals surface area (Å²) in [6.07, 6.45) is 6.09. The molecule has 4 nitrogen and oxygen atoms in total. The molecule has 0 spiro atoms. The van der Waals surface area contributed by atoms with Gasteiger partial charge in [-0.15, -0.1) is 0 Å². The van der Waals surface area contributed by atoms with Gasteiger partial charge in [-0.25, -0.2) is 0 Å². The summed E-state index contributed by atoms with van der Waals surface area (Å²) >= 11 is 0. The van der Waals surface area contributed by atoms with Gasteiger partial charge in [-0.1, -0.05) is 19.8 Å². The van der Waals surface area contributed by atoms with E-state index in [1.807, 2.05) is 12.1 Å². The Balaban J connectivity index is 1.87. The summed E-state index contributed by atoms with van der Waals surface area (Å²) in [7, 11) is 0. The lowest BCUT2D eigenvalue weighted by Crippen LogP contribution is -2.43. The minimum Gasteiger partial charge on any atom is -0.399 e. The van der Waals surface area contributed by atoms with Crippen LogP contribution in [0.4, 0.5) is 11.4 Å². The van der Waals surface area contributed by atoms with Gasteiger partial charge in [-0.3, -0.25) is 9.69 Å². The zero-order chi connectivity index (χ0) is 14.4. The average Bonchev–Trinajstić information content (AvgIpc) is 2.44. The van der Waals surface area contributed by atoms with Crippen molar-refractivity contribution in [1.29, 1.82) is 0 Å². The Labute approximate surface area is 121 Å². The zero-order valence-electron chi connectivity index (χ0n) is 12.3. The van der Waals surface area contributed by atoms with Crippen LogP contribution in [0.5, 0.6) is 0 Å². The van der Waals surface area contributed by atoms with Gasteiger partial charge >= 0.3 is 0 Å². The van der Waals surface area contributed by atoms with E-state index in [1.54, 1.807) is 12.1 Å². The standard InChI is InChI=1S/C16H25N3O/c1-2-5-15-6-3-4-11-19(15)12-16(20)18-14-9-7-13(17)8-10-14/h7-10,15H,2-6,11-12,17H2,1H3,(H,18,20). The van der Waals surface area contributed by atoms with Crippen molar-refractivity contribution in [2.75, 3.05) is 24.1 Å². The minimum atomic E-state index is 0.0674. The van der Waals surface area contributed by atoms with E-state index >= 15 is 0 Å². The normalized spacial score (nSPS) is 19.8. The SMILES string of the molecule is CCCC1CCCCN1CC(=O)Nc1ccc(N)cc1. The van der Waals surface area contributed by atoms with Crippen LogP contribution in [0.3, 0.4) is 0 Å². The quantitative estimate of drug-likeness (QED) is 0.812. The van der Waals surface area contributed by atoms with Crippen LogP contribution in [0.2, 0.25) is 0 Å². The number of nitrogen functional groups attached to an aromatic ring is 1. The van der Waals surface area contributed by atoms with Crippen LogP contribution >= 0.6 is 0 Å². The lowest BCUT2D eigenvalue weighted by molar-refractivity contribution is -0.118. The number of rotatable bonds is 5. The summed E-state index contributed by atoms with van der Waals surface area (Å²) in [5, 5.41) is 2.94. The number of anilines is 2. The number of carbonyl (C=O) groups excluding carboxylic acids is 1. The smallest absolute Gasteiger partial charge is 0.238 e. The van der Waals surface area contributed by atoms with E-state index in [9.17, 15) is 4.79 Å². The monoisotopic (exact) mass is 275 g/mol. The van der Waals surface area contributed by atoms with Gasteiger partial charge in [-0.2, -0.15) is 0 Å². The number of carbonyl (C=O) groups is 1. The van der Waals surface area contributed by atoms with Gasteiger partial charge in [-0.05, 0) is 50.1 Å². The lowest BCUT2D eigenvalue weighted by atomic mass is 9.98. The molecule has 1 fully saturated rings. The van der Waals surface area contributed by atoms with Gasteiger partial charge in [0.1, 0.15) is 0 Å². The largest absolute Gasteiger partial charge is 0.399 e. The first kappa shape index (κ1) is 14.9. The third-order valence-corrected chi connectivity index (χ3v) is 3.91. The van der Waals surface area contributed by atoms with E-state index < -0.39 is 0 Å². The Kier molecular flexibility index (Phi) is 5.41. The number of piperidine rings is 1. The van der Waals surface area contributed by atoms with Crippen LogP contribution in [0, 0.1) is 0 Å². The number of nitrogens with zero attached hydrogens (tertiary/aromatic N) is 1. The number of likely N-dealkylation sites (tertiary alicyclic amines) is 1. The third kappa shape index (κ3) is 4.23. The number of nitrogens with two attached hydrogens (primary N) is 1. The molecule has 2 rings (SSSR count). The van der Waals surface area contributed by atoms with Gasteiger partial charge in [0.25, 0.3) is 0 Å². The van der Waals surface area contributed by atoms with Crippen LogP contribution in [-0.4, -0.2) is 29.9 Å². The third-order valence-electron chi connectivity index (χ3n) is 3.91. The molecule has 1 amide bonds. The van der Waals surface area contributed by atoms with Crippen LogP contribution in [-0.2, 0) is 4.79 Å². The predicted molar refractivity (Wildman–Crippen MR) is 83.6 cm³/mol. The zero-order valence-corrected chi connectivity index (χ0v) is 12.3. The second kappa shape index (κ2) is 7.29. The first-order valence-corrected chi connectivity index (χ1v) is 7.58.